The molecule has 0 saturated carbocycles. The Kier molecular flexibility index (Phi) is 5.33. The molecule has 0 aliphatic carbocycles. The quantitative estimate of drug-likeness (QED) is 0.869. The number of carbonyl (C=O) groups excluding carboxylic acids is 1. The van der Waals surface area contributed by atoms with Gasteiger partial charge in [0.05, 0.1) is 29.8 Å². The van der Waals surface area contributed by atoms with E-state index in [0.29, 0.717) is 19.3 Å². The Balaban J connectivity index is 1.33. The lowest BCUT2D eigenvalue weighted by molar-refractivity contribution is -0.119. The number of hydrogen-bond donors (Lipinski definition) is 1. The molecule has 1 amide bonds. The Bertz CT molecular complexity index is 744. The third-order valence-corrected chi connectivity index (χ3v) is 6.07. The molecule has 2 saturated heterocycles. The molecule has 4 heterocycles. The van der Waals surface area contributed by atoms with E-state index in [1.54, 1.807) is 17.5 Å². The number of aromatic nitrogens is 3. The van der Waals surface area contributed by atoms with Crippen molar-refractivity contribution in [2.24, 2.45) is 5.92 Å². The number of thiazole rings is 1. The van der Waals surface area contributed by atoms with Gasteiger partial charge in [-0.1, -0.05) is 0 Å². The summed E-state index contributed by atoms with van der Waals surface area (Å²) in [6, 6.07) is 2.22. The molecular formula is C18H25N5O2S. The third-order valence-electron chi connectivity index (χ3n) is 5.17. The number of likely N-dealkylation sites (tertiary alicyclic amines) is 1. The standard InChI is InChI=1S/C18H25N5O2S/c1-13-19-10-16(26-13)11-22-7-3-15(4-8-22)23-17(2-6-20-23)21-18(24)14-5-9-25-12-14/h2,6,10,14-15H,3-5,7-9,11-12H2,1H3,(H,21,24). The lowest BCUT2D eigenvalue weighted by Gasteiger charge is -2.32. The van der Waals surface area contributed by atoms with Gasteiger partial charge in [0, 0.05) is 43.4 Å². The number of piperidine rings is 1. The maximum atomic E-state index is 12.4. The largest absolute Gasteiger partial charge is 0.381 e. The molecule has 2 aromatic heterocycles. The molecule has 1 atom stereocenters. The SMILES string of the molecule is Cc1ncc(CN2CCC(n3nccc3NC(=O)C3CCOC3)CC2)s1. The van der Waals surface area contributed by atoms with Crippen LogP contribution in [0.3, 0.4) is 0 Å². The molecule has 0 spiro atoms. The molecule has 0 bridgehead atoms. The highest BCUT2D eigenvalue weighted by Gasteiger charge is 2.27. The second-order valence-corrected chi connectivity index (χ2v) is 8.38. The van der Waals surface area contributed by atoms with Gasteiger partial charge in [0.1, 0.15) is 5.82 Å². The number of anilines is 1. The number of hydrogen-bond acceptors (Lipinski definition) is 6. The normalized spacial score (nSPS) is 22.0. The minimum Gasteiger partial charge on any atom is -0.381 e. The first-order valence-corrected chi connectivity index (χ1v) is 10.1. The van der Waals surface area contributed by atoms with Crippen LogP contribution in [0.2, 0.25) is 0 Å². The Morgan fingerprint density at radius 3 is 2.92 bits per heavy atom. The second-order valence-electron chi connectivity index (χ2n) is 7.06. The number of amides is 1. The van der Waals surface area contributed by atoms with Crippen molar-refractivity contribution in [2.75, 3.05) is 31.6 Å². The van der Waals surface area contributed by atoms with E-state index in [9.17, 15) is 4.79 Å². The summed E-state index contributed by atoms with van der Waals surface area (Å²) in [6.45, 7) is 6.29. The van der Waals surface area contributed by atoms with Crippen LogP contribution in [0.4, 0.5) is 5.82 Å². The Labute approximate surface area is 157 Å². The van der Waals surface area contributed by atoms with Crippen molar-refractivity contribution in [3.05, 3.63) is 28.3 Å². The van der Waals surface area contributed by atoms with Gasteiger partial charge in [-0.25, -0.2) is 9.67 Å². The molecule has 2 aliphatic heterocycles. The van der Waals surface area contributed by atoms with Gasteiger partial charge in [-0.2, -0.15) is 5.10 Å². The van der Waals surface area contributed by atoms with Crippen molar-refractivity contribution >= 4 is 23.1 Å². The predicted molar refractivity (Wildman–Crippen MR) is 100 cm³/mol. The van der Waals surface area contributed by atoms with E-state index in [1.165, 1.54) is 4.88 Å². The van der Waals surface area contributed by atoms with Crippen LogP contribution in [0.15, 0.2) is 18.5 Å². The van der Waals surface area contributed by atoms with Crippen molar-refractivity contribution in [2.45, 2.75) is 38.8 Å². The van der Waals surface area contributed by atoms with Crippen LogP contribution in [0, 0.1) is 12.8 Å². The lowest BCUT2D eigenvalue weighted by Crippen LogP contribution is -2.35. The molecule has 0 aromatic carbocycles. The van der Waals surface area contributed by atoms with Crippen LogP contribution in [0.5, 0.6) is 0 Å². The first-order valence-electron chi connectivity index (χ1n) is 9.25. The van der Waals surface area contributed by atoms with Crippen molar-refractivity contribution in [1.29, 1.82) is 0 Å². The van der Waals surface area contributed by atoms with E-state index >= 15 is 0 Å². The van der Waals surface area contributed by atoms with Gasteiger partial charge in [0.25, 0.3) is 0 Å². The van der Waals surface area contributed by atoms with E-state index in [2.05, 4.69) is 20.3 Å². The number of rotatable bonds is 5. The van der Waals surface area contributed by atoms with Gasteiger partial charge in [0.2, 0.25) is 5.91 Å². The van der Waals surface area contributed by atoms with Gasteiger partial charge < -0.3 is 10.1 Å². The minimum atomic E-state index is -0.0388. The first-order chi connectivity index (χ1) is 12.7. The van der Waals surface area contributed by atoms with Gasteiger partial charge in [-0.05, 0) is 26.2 Å². The smallest absolute Gasteiger partial charge is 0.231 e. The molecule has 8 heteroatoms. The molecule has 2 aromatic rings. The summed E-state index contributed by atoms with van der Waals surface area (Å²) in [6.07, 6.45) is 6.63. The minimum absolute atomic E-state index is 0.0388. The molecule has 1 unspecified atom stereocenters. The lowest BCUT2D eigenvalue weighted by atomic mass is 10.1. The molecular weight excluding hydrogens is 350 g/mol. The topological polar surface area (TPSA) is 72.3 Å². The molecule has 2 aliphatic rings. The van der Waals surface area contributed by atoms with Gasteiger partial charge in [0.15, 0.2) is 0 Å². The summed E-state index contributed by atoms with van der Waals surface area (Å²) in [7, 11) is 0. The fourth-order valence-corrected chi connectivity index (χ4v) is 4.53. The van der Waals surface area contributed by atoms with Gasteiger partial charge >= 0.3 is 0 Å². The van der Waals surface area contributed by atoms with Crippen LogP contribution in [0.25, 0.3) is 0 Å². The molecule has 0 radical (unpaired) electrons. The number of ether oxygens (including phenoxy) is 1. The fraction of sp³-hybridized carbons (Fsp3) is 0.611. The maximum Gasteiger partial charge on any atom is 0.231 e. The number of carbonyl (C=O) groups is 1. The number of aryl methyl sites for hydroxylation is 1. The summed E-state index contributed by atoms with van der Waals surface area (Å²) in [4.78, 5) is 20.5. The highest BCUT2D eigenvalue weighted by atomic mass is 32.1. The van der Waals surface area contributed by atoms with E-state index in [1.807, 2.05) is 23.9 Å². The zero-order chi connectivity index (χ0) is 17.9. The Morgan fingerprint density at radius 1 is 1.38 bits per heavy atom. The van der Waals surface area contributed by atoms with Gasteiger partial charge in [-0.15, -0.1) is 11.3 Å². The molecule has 26 heavy (non-hydrogen) atoms. The maximum absolute atomic E-state index is 12.4. The zero-order valence-electron chi connectivity index (χ0n) is 15.1. The van der Waals surface area contributed by atoms with Crippen LogP contribution >= 0.6 is 11.3 Å². The zero-order valence-corrected chi connectivity index (χ0v) is 15.9. The second kappa shape index (κ2) is 7.85. The Hall–Kier alpha value is -1.77. The van der Waals surface area contributed by atoms with Crippen molar-refractivity contribution < 1.29 is 9.53 Å². The summed E-state index contributed by atoms with van der Waals surface area (Å²) in [5.74, 6) is 0.809. The summed E-state index contributed by atoms with van der Waals surface area (Å²) < 4.78 is 7.30. The number of nitrogens with zero attached hydrogens (tertiary/aromatic N) is 4. The number of nitrogens with one attached hydrogen (secondary N) is 1. The third kappa shape index (κ3) is 3.97. The predicted octanol–water partition coefficient (Wildman–Crippen LogP) is 2.46. The molecule has 7 nitrogen and oxygen atoms in total. The van der Waals surface area contributed by atoms with Gasteiger partial charge in [-0.3, -0.25) is 9.69 Å². The van der Waals surface area contributed by atoms with E-state index < -0.39 is 0 Å². The van der Waals surface area contributed by atoms with Crippen molar-refractivity contribution in [1.82, 2.24) is 19.7 Å². The molecule has 2 fully saturated rings. The van der Waals surface area contributed by atoms with Crippen molar-refractivity contribution in [3.8, 4) is 0 Å². The highest BCUT2D eigenvalue weighted by molar-refractivity contribution is 7.11. The van der Waals surface area contributed by atoms with E-state index in [0.717, 1.165) is 49.7 Å². The van der Waals surface area contributed by atoms with Crippen molar-refractivity contribution in [3.63, 3.8) is 0 Å². The fourth-order valence-electron chi connectivity index (χ4n) is 3.69. The summed E-state index contributed by atoms with van der Waals surface area (Å²) in [5, 5.41) is 8.65. The van der Waals surface area contributed by atoms with E-state index in [4.69, 9.17) is 4.74 Å². The monoisotopic (exact) mass is 375 g/mol. The van der Waals surface area contributed by atoms with Crippen LogP contribution < -0.4 is 5.32 Å². The molecule has 140 valence electrons. The average Bonchev–Trinajstić information content (AvgIpc) is 3.38. The highest BCUT2D eigenvalue weighted by Crippen LogP contribution is 2.27. The summed E-state index contributed by atoms with van der Waals surface area (Å²) >= 11 is 1.77. The summed E-state index contributed by atoms with van der Waals surface area (Å²) in [5.41, 5.74) is 0. The van der Waals surface area contributed by atoms with Crippen LogP contribution in [-0.4, -0.2) is 51.9 Å². The first kappa shape index (κ1) is 17.6. The molecule has 4 rings (SSSR count). The van der Waals surface area contributed by atoms with Crippen LogP contribution in [0.1, 0.15) is 35.2 Å². The average molecular weight is 375 g/mol. The van der Waals surface area contributed by atoms with Crippen LogP contribution in [-0.2, 0) is 16.1 Å². The molecule has 1 N–H and O–H groups in total. The van der Waals surface area contributed by atoms with E-state index in [-0.39, 0.29) is 11.8 Å². The Morgan fingerprint density at radius 2 is 2.23 bits per heavy atom.